The van der Waals surface area contributed by atoms with Crippen LogP contribution in [-0.4, -0.2) is 17.7 Å². The second-order valence-corrected chi connectivity index (χ2v) is 6.48. The molecule has 0 unspecified atom stereocenters. The molecule has 0 spiro atoms. The highest BCUT2D eigenvalue weighted by molar-refractivity contribution is 5.89. The minimum Gasteiger partial charge on any atom is -0.508 e. The zero-order valence-electron chi connectivity index (χ0n) is 16.1. The van der Waals surface area contributed by atoms with Crippen molar-refractivity contribution in [3.63, 3.8) is 0 Å². The average molecular weight is 393 g/mol. The van der Waals surface area contributed by atoms with Crippen LogP contribution in [0.5, 0.6) is 5.75 Å². The van der Waals surface area contributed by atoms with Gasteiger partial charge in [-0.25, -0.2) is 9.59 Å². The van der Waals surface area contributed by atoms with Crippen LogP contribution in [0.2, 0.25) is 0 Å². The Morgan fingerprint density at radius 1 is 1.14 bits per heavy atom. The van der Waals surface area contributed by atoms with Gasteiger partial charge in [-0.3, -0.25) is 0 Å². The quantitative estimate of drug-likeness (QED) is 0.359. The van der Waals surface area contributed by atoms with Crippen molar-refractivity contribution in [3.8, 4) is 5.75 Å². The molecule has 0 saturated carbocycles. The van der Waals surface area contributed by atoms with E-state index in [1.54, 1.807) is 18.2 Å². The van der Waals surface area contributed by atoms with Crippen LogP contribution in [0.4, 0.5) is 16.2 Å². The van der Waals surface area contributed by atoms with E-state index in [1.807, 2.05) is 25.1 Å². The minimum atomic E-state index is -0.469. The van der Waals surface area contributed by atoms with E-state index in [-0.39, 0.29) is 11.8 Å². The van der Waals surface area contributed by atoms with Crippen LogP contribution >= 0.6 is 0 Å². The molecule has 3 aromatic rings. The number of nitrogens with one attached hydrogen (secondary N) is 3. The molecule has 0 radical (unpaired) electrons. The lowest BCUT2D eigenvalue weighted by molar-refractivity contribution is 0.253. The molecule has 4 N–H and O–H groups in total. The molecular weight excluding hydrogens is 370 g/mol. The second kappa shape index (κ2) is 8.97. The van der Waals surface area contributed by atoms with Crippen LogP contribution in [0, 0.1) is 0 Å². The third kappa shape index (κ3) is 4.95. The standard InChI is InChI=1S/C22H23N3O4/c1-3-9-23-22(28)25-17-7-5-16(6-8-17)24-13-15-11-21(27)29-20-12-19(26)14(4-2)10-18(15)20/h3,5-8,10-12,24,26H,1,4,9,13H2,2H3,(H2,23,25,28). The number of aryl methyl sites for hydroxylation is 1. The van der Waals surface area contributed by atoms with Gasteiger partial charge in [0.25, 0.3) is 0 Å². The van der Waals surface area contributed by atoms with E-state index in [1.165, 1.54) is 12.1 Å². The lowest BCUT2D eigenvalue weighted by Gasteiger charge is -2.11. The number of urea groups is 1. The first kappa shape index (κ1) is 20.0. The number of rotatable bonds is 7. The fourth-order valence-corrected chi connectivity index (χ4v) is 2.95. The zero-order chi connectivity index (χ0) is 20.8. The number of hydrogen-bond donors (Lipinski definition) is 4. The summed E-state index contributed by atoms with van der Waals surface area (Å²) in [4.78, 5) is 23.5. The van der Waals surface area contributed by atoms with E-state index in [0.29, 0.717) is 30.8 Å². The molecule has 150 valence electrons. The molecule has 0 atom stereocenters. The molecule has 0 aliphatic carbocycles. The fourth-order valence-electron chi connectivity index (χ4n) is 2.95. The molecule has 3 rings (SSSR count). The SMILES string of the molecule is C=CCNC(=O)Nc1ccc(NCc2cc(=O)oc3cc(O)c(CC)cc23)cc1. The molecule has 0 aliphatic heterocycles. The molecule has 7 heteroatoms. The Kier molecular flexibility index (Phi) is 6.19. The molecule has 0 saturated heterocycles. The van der Waals surface area contributed by atoms with E-state index in [9.17, 15) is 14.7 Å². The number of benzene rings is 2. The monoisotopic (exact) mass is 393 g/mol. The maximum Gasteiger partial charge on any atom is 0.336 e. The summed E-state index contributed by atoms with van der Waals surface area (Å²) in [6.45, 7) is 6.29. The van der Waals surface area contributed by atoms with Crippen LogP contribution in [0.1, 0.15) is 18.1 Å². The predicted molar refractivity (Wildman–Crippen MR) is 115 cm³/mol. The highest BCUT2D eigenvalue weighted by atomic mass is 16.4. The van der Waals surface area contributed by atoms with Crippen molar-refractivity contribution in [3.05, 3.63) is 76.7 Å². The van der Waals surface area contributed by atoms with Gasteiger partial charge in [-0.2, -0.15) is 0 Å². The van der Waals surface area contributed by atoms with Crippen molar-refractivity contribution in [2.24, 2.45) is 0 Å². The van der Waals surface area contributed by atoms with Crippen LogP contribution in [-0.2, 0) is 13.0 Å². The predicted octanol–water partition coefficient (Wildman–Crippen LogP) is 3.98. The Hall–Kier alpha value is -3.74. The summed E-state index contributed by atoms with van der Waals surface area (Å²) >= 11 is 0. The number of aromatic hydroxyl groups is 1. The largest absolute Gasteiger partial charge is 0.508 e. The minimum absolute atomic E-state index is 0.119. The van der Waals surface area contributed by atoms with Gasteiger partial charge in [-0.1, -0.05) is 13.0 Å². The van der Waals surface area contributed by atoms with Crippen molar-refractivity contribution in [2.45, 2.75) is 19.9 Å². The molecule has 2 aromatic carbocycles. The highest BCUT2D eigenvalue weighted by Gasteiger charge is 2.10. The van der Waals surface area contributed by atoms with E-state index < -0.39 is 5.63 Å². The van der Waals surface area contributed by atoms with Gasteiger partial charge in [0, 0.05) is 42.0 Å². The Morgan fingerprint density at radius 3 is 2.55 bits per heavy atom. The van der Waals surface area contributed by atoms with Crippen molar-refractivity contribution in [2.75, 3.05) is 17.2 Å². The smallest absolute Gasteiger partial charge is 0.336 e. The summed E-state index contributed by atoms with van der Waals surface area (Å²) in [5.41, 5.74) is 2.94. The van der Waals surface area contributed by atoms with Crippen LogP contribution in [0.3, 0.4) is 0 Å². The van der Waals surface area contributed by atoms with Gasteiger partial charge in [0.15, 0.2) is 0 Å². The molecule has 0 aliphatic rings. The van der Waals surface area contributed by atoms with Gasteiger partial charge in [0.05, 0.1) is 0 Å². The van der Waals surface area contributed by atoms with Gasteiger partial charge in [-0.05, 0) is 47.9 Å². The fraction of sp³-hybridized carbons (Fsp3) is 0.182. The molecule has 0 fully saturated rings. The van der Waals surface area contributed by atoms with Gasteiger partial charge >= 0.3 is 11.7 Å². The number of phenols is 1. The van der Waals surface area contributed by atoms with Crippen LogP contribution in [0.25, 0.3) is 11.0 Å². The lowest BCUT2D eigenvalue weighted by Crippen LogP contribution is -2.28. The summed E-state index contributed by atoms with van der Waals surface area (Å²) in [6.07, 6.45) is 2.27. The van der Waals surface area contributed by atoms with Gasteiger partial charge in [0.1, 0.15) is 11.3 Å². The van der Waals surface area contributed by atoms with Crippen LogP contribution < -0.4 is 21.6 Å². The maximum absolute atomic E-state index is 11.9. The summed E-state index contributed by atoms with van der Waals surface area (Å²) in [5, 5.41) is 19.4. The first-order chi connectivity index (χ1) is 14.0. The first-order valence-electron chi connectivity index (χ1n) is 9.28. The number of amides is 2. The van der Waals surface area contributed by atoms with Gasteiger partial charge in [-0.15, -0.1) is 6.58 Å². The van der Waals surface area contributed by atoms with E-state index >= 15 is 0 Å². The highest BCUT2D eigenvalue weighted by Crippen LogP contribution is 2.27. The molecule has 2 amide bonds. The summed E-state index contributed by atoms with van der Waals surface area (Å²) in [7, 11) is 0. The Morgan fingerprint density at radius 2 is 1.86 bits per heavy atom. The number of carbonyl (C=O) groups is 1. The third-order valence-electron chi connectivity index (χ3n) is 4.44. The van der Waals surface area contributed by atoms with Crippen LogP contribution in [0.15, 0.2) is 64.3 Å². The third-order valence-corrected chi connectivity index (χ3v) is 4.44. The Balaban J connectivity index is 1.74. The molecule has 7 nitrogen and oxygen atoms in total. The molecule has 1 heterocycles. The normalized spacial score (nSPS) is 10.5. The number of phenolic OH excluding ortho intramolecular Hbond substituents is 1. The molecule has 29 heavy (non-hydrogen) atoms. The van der Waals surface area contributed by atoms with Crippen molar-refractivity contribution in [1.29, 1.82) is 0 Å². The summed E-state index contributed by atoms with van der Waals surface area (Å²) in [5.74, 6) is 0.119. The van der Waals surface area contributed by atoms with E-state index in [4.69, 9.17) is 4.42 Å². The molecule has 1 aromatic heterocycles. The van der Waals surface area contributed by atoms with E-state index in [2.05, 4.69) is 22.5 Å². The Labute approximate surface area is 168 Å². The molecule has 0 bridgehead atoms. The first-order valence-corrected chi connectivity index (χ1v) is 9.28. The summed E-state index contributed by atoms with van der Waals surface area (Å²) < 4.78 is 5.22. The summed E-state index contributed by atoms with van der Waals surface area (Å²) in [6, 6.07) is 11.7. The van der Waals surface area contributed by atoms with Crippen molar-refractivity contribution < 1.29 is 14.3 Å². The second-order valence-electron chi connectivity index (χ2n) is 6.48. The number of anilines is 2. The van der Waals surface area contributed by atoms with Gasteiger partial charge < -0.3 is 25.5 Å². The number of hydrogen-bond acceptors (Lipinski definition) is 5. The van der Waals surface area contributed by atoms with Crippen molar-refractivity contribution >= 4 is 28.4 Å². The average Bonchev–Trinajstić information content (AvgIpc) is 2.71. The van der Waals surface area contributed by atoms with Crippen molar-refractivity contribution in [1.82, 2.24) is 5.32 Å². The number of fused-ring (bicyclic) bond motifs is 1. The maximum atomic E-state index is 11.9. The lowest BCUT2D eigenvalue weighted by atomic mass is 10.0. The van der Waals surface area contributed by atoms with Gasteiger partial charge in [0.2, 0.25) is 0 Å². The molecular formula is C22H23N3O4. The van der Waals surface area contributed by atoms with E-state index in [0.717, 1.165) is 22.2 Å². The number of carbonyl (C=O) groups excluding carboxylic acids is 1. The topological polar surface area (TPSA) is 104 Å². The Bertz CT molecular complexity index is 1090. The zero-order valence-corrected chi connectivity index (χ0v) is 16.1.